The molecule has 15 heavy (non-hydrogen) atoms. The van der Waals surface area contributed by atoms with E-state index < -0.39 is 0 Å². The summed E-state index contributed by atoms with van der Waals surface area (Å²) in [4.78, 5) is 0. The SMILES string of the molecule is CC(NCC1CCCS1)c1csc(Cl)c1. The van der Waals surface area contributed by atoms with Crippen LogP contribution in [0.3, 0.4) is 0 Å². The molecule has 1 aliphatic rings. The lowest BCUT2D eigenvalue weighted by atomic mass is 10.1. The van der Waals surface area contributed by atoms with Gasteiger partial charge in [-0.2, -0.15) is 11.8 Å². The predicted octanol–water partition coefficient (Wildman–Crippen LogP) is 3.95. The van der Waals surface area contributed by atoms with Crippen molar-refractivity contribution in [1.82, 2.24) is 5.32 Å². The fourth-order valence-corrected chi connectivity index (χ4v) is 3.98. The molecule has 2 atom stereocenters. The van der Waals surface area contributed by atoms with Gasteiger partial charge in [0.25, 0.3) is 0 Å². The van der Waals surface area contributed by atoms with Crippen LogP contribution in [0.4, 0.5) is 0 Å². The summed E-state index contributed by atoms with van der Waals surface area (Å²) in [7, 11) is 0. The average molecular weight is 262 g/mol. The highest BCUT2D eigenvalue weighted by molar-refractivity contribution is 8.00. The summed E-state index contributed by atoms with van der Waals surface area (Å²) in [5.74, 6) is 1.34. The Hall–Kier alpha value is 0.300. The molecule has 1 aliphatic heterocycles. The highest BCUT2D eigenvalue weighted by Gasteiger charge is 2.16. The smallest absolute Gasteiger partial charge is 0.0931 e. The molecule has 0 saturated carbocycles. The van der Waals surface area contributed by atoms with E-state index >= 15 is 0 Å². The van der Waals surface area contributed by atoms with Crippen LogP contribution >= 0.6 is 34.7 Å². The molecule has 2 unspecified atom stereocenters. The summed E-state index contributed by atoms with van der Waals surface area (Å²) in [5, 5.41) is 6.54. The van der Waals surface area contributed by atoms with Crippen molar-refractivity contribution in [1.29, 1.82) is 0 Å². The summed E-state index contributed by atoms with van der Waals surface area (Å²) < 4.78 is 0.883. The second-order valence-corrected chi connectivity index (χ2v) is 6.90. The number of hydrogen-bond donors (Lipinski definition) is 1. The Morgan fingerprint density at radius 1 is 1.67 bits per heavy atom. The molecule has 0 aliphatic carbocycles. The first-order valence-electron chi connectivity index (χ1n) is 5.34. The van der Waals surface area contributed by atoms with Crippen molar-refractivity contribution in [2.75, 3.05) is 12.3 Å². The minimum Gasteiger partial charge on any atom is -0.309 e. The third kappa shape index (κ3) is 3.38. The van der Waals surface area contributed by atoms with Crippen LogP contribution < -0.4 is 5.32 Å². The molecular formula is C11H16ClNS2. The zero-order valence-corrected chi connectivity index (χ0v) is 11.2. The summed E-state index contributed by atoms with van der Waals surface area (Å²) in [5.41, 5.74) is 1.31. The number of thioether (sulfide) groups is 1. The van der Waals surface area contributed by atoms with E-state index in [1.54, 1.807) is 11.3 Å². The molecule has 0 radical (unpaired) electrons. The van der Waals surface area contributed by atoms with Crippen molar-refractivity contribution in [3.63, 3.8) is 0 Å². The Balaban J connectivity index is 1.79. The van der Waals surface area contributed by atoms with Crippen LogP contribution in [0.2, 0.25) is 4.34 Å². The predicted molar refractivity (Wildman–Crippen MR) is 71.2 cm³/mol. The molecule has 84 valence electrons. The highest BCUT2D eigenvalue weighted by Crippen LogP contribution is 2.27. The molecule has 1 aromatic rings. The van der Waals surface area contributed by atoms with Crippen LogP contribution in [-0.2, 0) is 0 Å². The number of halogens is 1. The van der Waals surface area contributed by atoms with E-state index in [4.69, 9.17) is 11.6 Å². The molecule has 1 fully saturated rings. The third-order valence-electron chi connectivity index (χ3n) is 2.76. The first-order chi connectivity index (χ1) is 7.25. The molecule has 0 amide bonds. The van der Waals surface area contributed by atoms with Crippen molar-refractivity contribution >= 4 is 34.7 Å². The Bertz CT molecular complexity index is 307. The van der Waals surface area contributed by atoms with Gasteiger partial charge in [0.15, 0.2) is 0 Å². The van der Waals surface area contributed by atoms with Crippen molar-refractivity contribution in [3.05, 3.63) is 21.3 Å². The minimum absolute atomic E-state index is 0.426. The Kier molecular flexibility index (Phi) is 4.38. The zero-order chi connectivity index (χ0) is 10.7. The molecule has 2 heterocycles. The van der Waals surface area contributed by atoms with E-state index in [9.17, 15) is 0 Å². The second kappa shape index (κ2) is 5.58. The summed E-state index contributed by atoms with van der Waals surface area (Å²) in [6.45, 7) is 3.33. The van der Waals surface area contributed by atoms with Crippen LogP contribution in [0, 0.1) is 0 Å². The lowest BCUT2D eigenvalue weighted by Gasteiger charge is -2.15. The fraction of sp³-hybridized carbons (Fsp3) is 0.636. The maximum atomic E-state index is 5.92. The number of nitrogens with one attached hydrogen (secondary N) is 1. The summed E-state index contributed by atoms with van der Waals surface area (Å²) in [6, 6.07) is 2.49. The topological polar surface area (TPSA) is 12.0 Å². The molecule has 1 nitrogen and oxygen atoms in total. The first kappa shape index (κ1) is 11.8. The highest BCUT2D eigenvalue weighted by atomic mass is 35.5. The normalized spacial score (nSPS) is 23.2. The van der Waals surface area contributed by atoms with E-state index in [2.05, 4.69) is 35.4 Å². The van der Waals surface area contributed by atoms with Gasteiger partial charge in [-0.1, -0.05) is 11.6 Å². The molecule has 4 heteroatoms. The largest absolute Gasteiger partial charge is 0.309 e. The molecule has 1 N–H and O–H groups in total. The molecule has 1 aromatic heterocycles. The monoisotopic (exact) mass is 261 g/mol. The standard InChI is InChI=1S/C11H16ClNS2/c1-8(9-5-11(12)15-7-9)13-6-10-3-2-4-14-10/h5,7-8,10,13H,2-4,6H2,1H3. The van der Waals surface area contributed by atoms with Gasteiger partial charge in [-0.05, 0) is 42.5 Å². The lowest BCUT2D eigenvalue weighted by molar-refractivity contribution is 0.560. The Morgan fingerprint density at radius 3 is 3.13 bits per heavy atom. The van der Waals surface area contributed by atoms with Crippen LogP contribution in [0.5, 0.6) is 0 Å². The van der Waals surface area contributed by atoms with E-state index in [1.165, 1.54) is 24.2 Å². The number of hydrogen-bond acceptors (Lipinski definition) is 3. The van der Waals surface area contributed by atoms with Crippen LogP contribution in [0.25, 0.3) is 0 Å². The van der Waals surface area contributed by atoms with Gasteiger partial charge in [0.1, 0.15) is 0 Å². The van der Waals surface area contributed by atoms with Gasteiger partial charge in [0.2, 0.25) is 0 Å². The van der Waals surface area contributed by atoms with Gasteiger partial charge >= 0.3 is 0 Å². The van der Waals surface area contributed by atoms with Crippen LogP contribution in [0.15, 0.2) is 11.4 Å². The van der Waals surface area contributed by atoms with E-state index in [-0.39, 0.29) is 0 Å². The summed E-state index contributed by atoms with van der Waals surface area (Å²) in [6.07, 6.45) is 2.75. The molecule has 1 saturated heterocycles. The molecule has 0 aromatic carbocycles. The van der Waals surface area contributed by atoms with Crippen molar-refractivity contribution in [2.45, 2.75) is 31.1 Å². The van der Waals surface area contributed by atoms with E-state index in [0.29, 0.717) is 6.04 Å². The average Bonchev–Trinajstić information content (AvgIpc) is 2.84. The van der Waals surface area contributed by atoms with Gasteiger partial charge in [0.05, 0.1) is 4.34 Å². The van der Waals surface area contributed by atoms with Gasteiger partial charge in [-0.25, -0.2) is 0 Å². The number of rotatable bonds is 4. The minimum atomic E-state index is 0.426. The maximum absolute atomic E-state index is 5.92. The van der Waals surface area contributed by atoms with Gasteiger partial charge in [-0.15, -0.1) is 11.3 Å². The van der Waals surface area contributed by atoms with Crippen molar-refractivity contribution < 1.29 is 0 Å². The Labute approximate surface area is 105 Å². The zero-order valence-electron chi connectivity index (χ0n) is 8.83. The van der Waals surface area contributed by atoms with E-state index in [1.807, 2.05) is 0 Å². The number of thiophene rings is 1. The first-order valence-corrected chi connectivity index (χ1v) is 7.65. The fourth-order valence-electron chi connectivity index (χ4n) is 1.78. The van der Waals surface area contributed by atoms with Crippen LogP contribution in [0.1, 0.15) is 31.4 Å². The van der Waals surface area contributed by atoms with Gasteiger partial charge < -0.3 is 5.32 Å². The lowest BCUT2D eigenvalue weighted by Crippen LogP contribution is -2.25. The second-order valence-electron chi connectivity index (χ2n) is 3.95. The Morgan fingerprint density at radius 2 is 2.53 bits per heavy atom. The maximum Gasteiger partial charge on any atom is 0.0931 e. The van der Waals surface area contributed by atoms with Gasteiger partial charge in [-0.3, -0.25) is 0 Å². The molecule has 0 spiro atoms. The molecule has 2 rings (SSSR count). The van der Waals surface area contributed by atoms with Crippen molar-refractivity contribution in [3.8, 4) is 0 Å². The van der Waals surface area contributed by atoms with E-state index in [0.717, 1.165) is 16.1 Å². The van der Waals surface area contributed by atoms with Crippen molar-refractivity contribution in [2.24, 2.45) is 0 Å². The molecule has 0 bridgehead atoms. The third-order valence-corrected chi connectivity index (χ3v) is 5.27. The molecular weight excluding hydrogens is 246 g/mol. The van der Waals surface area contributed by atoms with Crippen LogP contribution in [-0.4, -0.2) is 17.5 Å². The summed E-state index contributed by atoms with van der Waals surface area (Å²) >= 11 is 9.63. The van der Waals surface area contributed by atoms with Gasteiger partial charge in [0, 0.05) is 17.8 Å². The quantitative estimate of drug-likeness (QED) is 0.881.